The minimum atomic E-state index is -1.06. The second-order valence-corrected chi connectivity index (χ2v) is 11.3. The third-order valence-electron chi connectivity index (χ3n) is 7.94. The molecule has 0 aliphatic rings. The number of amides is 1. The zero-order chi connectivity index (χ0) is 28.6. The first-order chi connectivity index (χ1) is 17.1. The van der Waals surface area contributed by atoms with Gasteiger partial charge in [-0.2, -0.15) is 0 Å². The van der Waals surface area contributed by atoms with Crippen molar-refractivity contribution in [3.63, 3.8) is 0 Å². The molecule has 0 spiro atoms. The molecular weight excluding hydrogens is 456 g/mol. The molecule has 2 unspecified atom stereocenters. The Kier molecular flexibility index (Phi) is 11.3. The summed E-state index contributed by atoms with van der Waals surface area (Å²) in [5.41, 5.74) is 6.48. The number of nitrogens with one attached hydrogen (secondary N) is 2. The zero-order valence-corrected chi connectivity index (χ0v) is 24.9. The van der Waals surface area contributed by atoms with Gasteiger partial charge in [-0.1, -0.05) is 83.7 Å². The van der Waals surface area contributed by atoms with Gasteiger partial charge in [-0.3, -0.25) is 4.79 Å². The maximum absolute atomic E-state index is 10.7. The summed E-state index contributed by atoms with van der Waals surface area (Å²) in [6, 6.07) is 13.4. The van der Waals surface area contributed by atoms with Gasteiger partial charge in [-0.15, -0.1) is 0 Å². The van der Waals surface area contributed by atoms with Crippen LogP contribution in [-0.2, 0) is 10.2 Å². The highest BCUT2D eigenvalue weighted by atomic mass is 16.3. The highest BCUT2D eigenvalue weighted by molar-refractivity contribution is 5.85. The predicted octanol–water partition coefficient (Wildman–Crippen LogP) is 7.06. The van der Waals surface area contributed by atoms with Gasteiger partial charge in [0.15, 0.2) is 0 Å². The Morgan fingerprint density at radius 3 is 1.89 bits per heavy atom. The molecule has 0 saturated carbocycles. The number of benzene rings is 2. The lowest BCUT2D eigenvalue weighted by molar-refractivity contribution is -0.109. The topological polar surface area (TPSA) is 73.2 Å². The molecule has 0 fully saturated rings. The van der Waals surface area contributed by atoms with Gasteiger partial charge in [0, 0.05) is 35.1 Å². The minimum absolute atomic E-state index is 0.0696. The Morgan fingerprint density at radius 1 is 1.03 bits per heavy atom. The molecule has 37 heavy (non-hydrogen) atoms. The lowest BCUT2D eigenvalue weighted by atomic mass is 9.69. The highest BCUT2D eigenvalue weighted by Gasteiger charge is 2.34. The van der Waals surface area contributed by atoms with Crippen molar-refractivity contribution < 1.29 is 9.90 Å². The van der Waals surface area contributed by atoms with Crippen LogP contribution in [0.2, 0.25) is 0 Å². The first-order valence-electron chi connectivity index (χ1n) is 13.3. The van der Waals surface area contributed by atoms with E-state index < -0.39 is 5.60 Å². The van der Waals surface area contributed by atoms with Gasteiger partial charge in [0.2, 0.25) is 6.41 Å². The fourth-order valence-corrected chi connectivity index (χ4v) is 4.40. The normalized spacial score (nSPS) is 13.7. The van der Waals surface area contributed by atoms with Crippen molar-refractivity contribution in [1.29, 1.82) is 5.41 Å². The van der Waals surface area contributed by atoms with Crippen molar-refractivity contribution in [3.8, 4) is 11.8 Å². The molecule has 0 radical (unpaired) electrons. The Morgan fingerprint density at radius 2 is 1.51 bits per heavy atom. The Hall–Kier alpha value is -2.90. The summed E-state index contributed by atoms with van der Waals surface area (Å²) in [7, 11) is 1.56. The van der Waals surface area contributed by atoms with Gasteiger partial charge in [-0.25, -0.2) is 0 Å². The molecule has 3 N–H and O–H groups in total. The molecule has 0 aliphatic carbocycles. The molecule has 0 heterocycles. The number of aliphatic hydroxyl groups is 1. The number of rotatable bonds is 7. The van der Waals surface area contributed by atoms with Crippen LogP contribution in [-0.4, -0.2) is 29.9 Å². The predicted molar refractivity (Wildman–Crippen MR) is 158 cm³/mol. The fourth-order valence-electron chi connectivity index (χ4n) is 4.40. The van der Waals surface area contributed by atoms with E-state index in [1.54, 1.807) is 14.0 Å². The van der Waals surface area contributed by atoms with Gasteiger partial charge in [0.05, 0.1) is 0 Å². The van der Waals surface area contributed by atoms with Crippen LogP contribution in [0.15, 0.2) is 36.4 Å². The molecule has 4 heteroatoms. The van der Waals surface area contributed by atoms with E-state index in [-0.39, 0.29) is 16.7 Å². The number of carbonyl (C=O) groups excluding carboxylic acids is 1. The third-order valence-corrected chi connectivity index (χ3v) is 7.94. The van der Waals surface area contributed by atoms with E-state index in [4.69, 9.17) is 10.2 Å². The molecule has 2 aromatic carbocycles. The molecule has 2 rings (SSSR count). The van der Waals surface area contributed by atoms with Crippen LogP contribution in [0, 0.1) is 36.5 Å². The van der Waals surface area contributed by atoms with E-state index in [1.165, 1.54) is 22.3 Å². The summed E-state index contributed by atoms with van der Waals surface area (Å²) >= 11 is 0. The van der Waals surface area contributed by atoms with E-state index in [1.807, 2.05) is 27.7 Å². The largest absolute Gasteiger partial charge is 0.377 e. The van der Waals surface area contributed by atoms with E-state index in [0.717, 1.165) is 24.0 Å². The quantitative estimate of drug-likeness (QED) is 0.214. The second kappa shape index (κ2) is 13.1. The third kappa shape index (κ3) is 7.55. The monoisotopic (exact) mass is 504 g/mol. The molecule has 0 aliphatic heterocycles. The standard InChI is InChI=1S/C31H43NO.C2H5NO/c1-11-31(12-2,27-15-16-28(22(4)20-27)23(5)24(6)32)26-14-13-25(21(3)19-26)17-18-30(10,33)29(7,8)9;1-3-2-4/h13-16,19-20,23,32-33H,11-12H2,1-10H3;2H,1H3,(H,3,4). The lowest BCUT2D eigenvalue weighted by Crippen LogP contribution is -2.38. The van der Waals surface area contributed by atoms with Crippen molar-refractivity contribution in [2.45, 2.75) is 99.0 Å². The Bertz CT molecular complexity index is 1140. The maximum Gasteiger partial charge on any atom is 0.206 e. The molecule has 2 atom stereocenters. The van der Waals surface area contributed by atoms with Crippen LogP contribution in [0.5, 0.6) is 0 Å². The summed E-state index contributed by atoms with van der Waals surface area (Å²) in [5, 5.41) is 21.0. The smallest absolute Gasteiger partial charge is 0.206 e. The van der Waals surface area contributed by atoms with Crippen LogP contribution in [0.3, 0.4) is 0 Å². The highest BCUT2D eigenvalue weighted by Crippen LogP contribution is 2.40. The van der Waals surface area contributed by atoms with Crippen molar-refractivity contribution in [2.24, 2.45) is 5.41 Å². The fraction of sp³-hybridized carbons (Fsp3) is 0.515. The zero-order valence-electron chi connectivity index (χ0n) is 24.9. The van der Waals surface area contributed by atoms with Crippen molar-refractivity contribution in [2.75, 3.05) is 7.05 Å². The van der Waals surface area contributed by atoms with Crippen LogP contribution in [0.1, 0.15) is 108 Å². The van der Waals surface area contributed by atoms with Crippen LogP contribution < -0.4 is 5.32 Å². The summed E-state index contributed by atoms with van der Waals surface area (Å²) in [6.45, 7) is 20.6. The molecular formula is C33H48N2O2. The molecule has 0 aromatic heterocycles. The lowest BCUT2D eigenvalue weighted by Gasteiger charge is -2.34. The molecule has 0 saturated heterocycles. The number of aryl methyl sites for hydroxylation is 2. The van der Waals surface area contributed by atoms with Gasteiger partial charge < -0.3 is 15.8 Å². The van der Waals surface area contributed by atoms with Gasteiger partial charge in [-0.05, 0) is 74.4 Å². The van der Waals surface area contributed by atoms with Crippen molar-refractivity contribution in [3.05, 3.63) is 69.8 Å². The van der Waals surface area contributed by atoms with Crippen LogP contribution >= 0.6 is 0 Å². The van der Waals surface area contributed by atoms with E-state index in [2.05, 4.69) is 88.2 Å². The van der Waals surface area contributed by atoms with E-state index >= 15 is 0 Å². The Balaban J connectivity index is 0.00000159. The van der Waals surface area contributed by atoms with Gasteiger partial charge in [0.25, 0.3) is 0 Å². The molecule has 202 valence electrons. The molecule has 0 bridgehead atoms. The maximum atomic E-state index is 10.7. The molecule has 1 amide bonds. The van der Waals surface area contributed by atoms with Crippen molar-refractivity contribution >= 4 is 12.1 Å². The minimum Gasteiger partial charge on any atom is -0.377 e. The average Bonchev–Trinajstić information content (AvgIpc) is 2.83. The van der Waals surface area contributed by atoms with Gasteiger partial charge >= 0.3 is 0 Å². The molecule has 2 aromatic rings. The summed E-state index contributed by atoms with van der Waals surface area (Å²) in [4.78, 5) is 9.06. The van der Waals surface area contributed by atoms with Gasteiger partial charge in [0.1, 0.15) is 5.60 Å². The summed E-state index contributed by atoms with van der Waals surface area (Å²) in [6.07, 6.45) is 2.63. The number of carbonyl (C=O) groups is 1. The van der Waals surface area contributed by atoms with Crippen molar-refractivity contribution in [1.82, 2.24) is 5.32 Å². The van der Waals surface area contributed by atoms with E-state index in [9.17, 15) is 5.11 Å². The summed E-state index contributed by atoms with van der Waals surface area (Å²) in [5.74, 6) is 6.47. The average molecular weight is 505 g/mol. The first-order valence-corrected chi connectivity index (χ1v) is 13.3. The summed E-state index contributed by atoms with van der Waals surface area (Å²) < 4.78 is 0. The van der Waals surface area contributed by atoms with Crippen LogP contribution in [0.4, 0.5) is 0 Å². The van der Waals surface area contributed by atoms with E-state index in [0.29, 0.717) is 12.1 Å². The SMILES string of the molecule is CCC(CC)(c1ccc(C#CC(C)(O)C(C)(C)C)c(C)c1)c1ccc(C(C)C(C)=N)c(C)c1.CNC=O. The molecule has 4 nitrogen and oxygen atoms in total. The number of hydrogen-bond donors (Lipinski definition) is 3. The number of hydrogen-bond acceptors (Lipinski definition) is 3. The first kappa shape index (κ1) is 32.1. The van der Waals surface area contributed by atoms with Crippen LogP contribution in [0.25, 0.3) is 0 Å². The Labute approximate surface area is 225 Å². The second-order valence-electron chi connectivity index (χ2n) is 11.3.